The number of nitrogens with zero attached hydrogens (tertiary/aromatic N) is 2. The Balaban J connectivity index is 2.67. The zero-order chi connectivity index (χ0) is 11.4. The van der Waals surface area contributed by atoms with Gasteiger partial charge in [0.25, 0.3) is 0 Å². The number of hydrogen-bond donors (Lipinski definition) is 2. The molecule has 2 N–H and O–H groups in total. The Morgan fingerprint density at radius 3 is 2.73 bits per heavy atom. The molecule has 0 saturated carbocycles. The third-order valence-corrected chi connectivity index (χ3v) is 2.25. The summed E-state index contributed by atoms with van der Waals surface area (Å²) in [7, 11) is 0. The van der Waals surface area contributed by atoms with E-state index in [4.69, 9.17) is 23.2 Å². The molecule has 1 aromatic heterocycles. The van der Waals surface area contributed by atoms with Crippen LogP contribution in [0.1, 0.15) is 20.3 Å². The summed E-state index contributed by atoms with van der Waals surface area (Å²) in [5, 5.41) is 12.8. The monoisotopic (exact) mass is 249 g/mol. The van der Waals surface area contributed by atoms with Crippen LogP contribution in [0, 0.1) is 0 Å². The topological polar surface area (TPSA) is 58.0 Å². The van der Waals surface area contributed by atoms with E-state index in [2.05, 4.69) is 15.3 Å². The average molecular weight is 250 g/mol. The minimum Gasteiger partial charge on any atom is -0.393 e. The number of aliphatic hydroxyl groups excluding tert-OH is 1. The van der Waals surface area contributed by atoms with Crippen LogP contribution in [0.2, 0.25) is 10.3 Å². The Morgan fingerprint density at radius 2 is 2.13 bits per heavy atom. The molecular weight excluding hydrogens is 237 g/mol. The SMILES string of the molecule is CC(O)CC(C)Nc1nc(Cl)ncc1Cl. The van der Waals surface area contributed by atoms with Crippen molar-refractivity contribution in [2.45, 2.75) is 32.4 Å². The van der Waals surface area contributed by atoms with Crippen molar-refractivity contribution in [2.75, 3.05) is 5.32 Å². The molecule has 1 rings (SSSR count). The number of nitrogens with one attached hydrogen (secondary N) is 1. The zero-order valence-corrected chi connectivity index (χ0v) is 10.0. The summed E-state index contributed by atoms with van der Waals surface area (Å²) in [4.78, 5) is 7.69. The van der Waals surface area contributed by atoms with E-state index in [1.165, 1.54) is 6.20 Å². The second kappa shape index (κ2) is 5.49. The molecule has 84 valence electrons. The molecular formula is C9H13Cl2N3O. The highest BCUT2D eigenvalue weighted by molar-refractivity contribution is 6.33. The van der Waals surface area contributed by atoms with Crippen LogP contribution in [-0.4, -0.2) is 27.2 Å². The molecule has 0 bridgehead atoms. The van der Waals surface area contributed by atoms with Crippen molar-refractivity contribution < 1.29 is 5.11 Å². The molecule has 0 spiro atoms. The van der Waals surface area contributed by atoms with Gasteiger partial charge in [-0.05, 0) is 31.9 Å². The van der Waals surface area contributed by atoms with Crippen molar-refractivity contribution in [1.82, 2.24) is 9.97 Å². The summed E-state index contributed by atoms with van der Waals surface area (Å²) in [6, 6.07) is 0.0634. The number of aromatic nitrogens is 2. The molecule has 6 heteroatoms. The van der Waals surface area contributed by atoms with E-state index in [0.717, 1.165) is 0 Å². The third kappa shape index (κ3) is 4.20. The fourth-order valence-corrected chi connectivity index (χ4v) is 1.53. The van der Waals surface area contributed by atoms with Gasteiger partial charge in [0.15, 0.2) is 0 Å². The third-order valence-electron chi connectivity index (χ3n) is 1.79. The molecule has 2 atom stereocenters. The van der Waals surface area contributed by atoms with Gasteiger partial charge in [0, 0.05) is 6.04 Å². The van der Waals surface area contributed by atoms with Gasteiger partial charge < -0.3 is 10.4 Å². The Bertz CT molecular complexity index is 333. The van der Waals surface area contributed by atoms with Crippen LogP contribution in [0.15, 0.2) is 6.20 Å². The fourth-order valence-electron chi connectivity index (χ4n) is 1.25. The van der Waals surface area contributed by atoms with E-state index in [9.17, 15) is 5.11 Å². The van der Waals surface area contributed by atoms with E-state index < -0.39 is 0 Å². The molecule has 1 aromatic rings. The quantitative estimate of drug-likeness (QED) is 0.805. The van der Waals surface area contributed by atoms with Crippen molar-refractivity contribution in [3.05, 3.63) is 16.5 Å². The number of rotatable bonds is 4. The second-order valence-corrected chi connectivity index (χ2v) is 4.21. The normalized spacial score (nSPS) is 14.7. The first kappa shape index (κ1) is 12.5. The lowest BCUT2D eigenvalue weighted by Crippen LogP contribution is -2.21. The van der Waals surface area contributed by atoms with Crippen LogP contribution >= 0.6 is 23.2 Å². The van der Waals surface area contributed by atoms with Crippen LogP contribution in [-0.2, 0) is 0 Å². The maximum absolute atomic E-state index is 9.19. The standard InChI is InChI=1S/C9H13Cl2N3O/c1-5(3-6(2)15)13-8-7(10)4-12-9(11)14-8/h4-6,15H,3H2,1-2H3,(H,12,13,14). The van der Waals surface area contributed by atoms with E-state index in [1.807, 2.05) is 6.92 Å². The second-order valence-electron chi connectivity index (χ2n) is 3.47. The summed E-state index contributed by atoms with van der Waals surface area (Å²) in [6.45, 7) is 3.66. The molecule has 0 aliphatic rings. The van der Waals surface area contributed by atoms with Crippen LogP contribution < -0.4 is 5.32 Å². The van der Waals surface area contributed by atoms with Gasteiger partial charge in [0.05, 0.1) is 12.3 Å². The lowest BCUT2D eigenvalue weighted by atomic mass is 10.1. The largest absolute Gasteiger partial charge is 0.393 e. The van der Waals surface area contributed by atoms with Gasteiger partial charge in [-0.1, -0.05) is 11.6 Å². The Hall–Kier alpha value is -0.580. The maximum Gasteiger partial charge on any atom is 0.224 e. The maximum atomic E-state index is 9.19. The predicted octanol–water partition coefficient (Wildman–Crippen LogP) is 2.35. The summed E-state index contributed by atoms with van der Waals surface area (Å²) in [6.07, 6.45) is 1.68. The minimum absolute atomic E-state index is 0.0634. The molecule has 0 saturated heterocycles. The molecule has 15 heavy (non-hydrogen) atoms. The Kier molecular flexibility index (Phi) is 4.57. The van der Waals surface area contributed by atoms with Gasteiger partial charge in [-0.3, -0.25) is 0 Å². The van der Waals surface area contributed by atoms with Gasteiger partial charge >= 0.3 is 0 Å². The van der Waals surface area contributed by atoms with Crippen LogP contribution in [0.4, 0.5) is 5.82 Å². The lowest BCUT2D eigenvalue weighted by Gasteiger charge is -2.16. The predicted molar refractivity (Wildman–Crippen MR) is 61.4 cm³/mol. The molecule has 0 fully saturated rings. The fraction of sp³-hybridized carbons (Fsp3) is 0.556. The molecule has 0 aromatic carbocycles. The number of halogens is 2. The highest BCUT2D eigenvalue weighted by Crippen LogP contribution is 2.20. The Labute approximate surface area is 98.6 Å². The van der Waals surface area contributed by atoms with Gasteiger partial charge in [-0.15, -0.1) is 0 Å². The van der Waals surface area contributed by atoms with Crippen LogP contribution in [0.5, 0.6) is 0 Å². The number of hydrogen-bond acceptors (Lipinski definition) is 4. The van der Waals surface area contributed by atoms with Crippen molar-refractivity contribution in [3.8, 4) is 0 Å². The van der Waals surface area contributed by atoms with E-state index in [-0.39, 0.29) is 17.4 Å². The first-order valence-electron chi connectivity index (χ1n) is 4.61. The van der Waals surface area contributed by atoms with E-state index >= 15 is 0 Å². The van der Waals surface area contributed by atoms with Crippen LogP contribution in [0.3, 0.4) is 0 Å². The van der Waals surface area contributed by atoms with Crippen molar-refractivity contribution in [2.24, 2.45) is 0 Å². The zero-order valence-electron chi connectivity index (χ0n) is 8.54. The van der Waals surface area contributed by atoms with Crippen molar-refractivity contribution in [1.29, 1.82) is 0 Å². The van der Waals surface area contributed by atoms with Gasteiger partial charge in [0.2, 0.25) is 5.28 Å². The molecule has 4 nitrogen and oxygen atoms in total. The summed E-state index contributed by atoms with van der Waals surface area (Å²) in [5.41, 5.74) is 0. The molecule has 0 radical (unpaired) electrons. The highest BCUT2D eigenvalue weighted by atomic mass is 35.5. The Morgan fingerprint density at radius 1 is 1.47 bits per heavy atom. The number of anilines is 1. The van der Waals surface area contributed by atoms with Gasteiger partial charge in [-0.25, -0.2) is 4.98 Å². The molecule has 0 aliphatic carbocycles. The first-order valence-corrected chi connectivity index (χ1v) is 5.37. The molecule has 2 unspecified atom stereocenters. The van der Waals surface area contributed by atoms with Gasteiger partial charge in [-0.2, -0.15) is 4.98 Å². The van der Waals surface area contributed by atoms with Crippen molar-refractivity contribution >= 4 is 29.0 Å². The average Bonchev–Trinajstić information content (AvgIpc) is 2.10. The summed E-state index contributed by atoms with van der Waals surface area (Å²) in [5.74, 6) is 0.491. The van der Waals surface area contributed by atoms with Crippen molar-refractivity contribution in [3.63, 3.8) is 0 Å². The van der Waals surface area contributed by atoms with E-state index in [0.29, 0.717) is 17.3 Å². The summed E-state index contributed by atoms with van der Waals surface area (Å²) < 4.78 is 0. The van der Waals surface area contributed by atoms with Gasteiger partial charge in [0.1, 0.15) is 10.8 Å². The lowest BCUT2D eigenvalue weighted by molar-refractivity contribution is 0.179. The smallest absolute Gasteiger partial charge is 0.224 e. The first-order chi connectivity index (χ1) is 6.99. The number of aliphatic hydroxyl groups is 1. The highest BCUT2D eigenvalue weighted by Gasteiger charge is 2.10. The summed E-state index contributed by atoms with van der Waals surface area (Å²) >= 11 is 11.5. The molecule has 1 heterocycles. The van der Waals surface area contributed by atoms with E-state index in [1.54, 1.807) is 6.92 Å². The molecule has 0 aliphatic heterocycles. The molecule has 0 amide bonds. The van der Waals surface area contributed by atoms with Crippen LogP contribution in [0.25, 0.3) is 0 Å². The minimum atomic E-state index is -0.372.